The number of carbonyl (C=O) groups is 1. The number of hydrogen-bond donors (Lipinski definition) is 1. The standard InChI is InChI=1S/C8H14O6S/c1-7(2)4-8(3,6(9)14-7)5-13-15(10,11)12/h4-5H2,1-3H3,(H,10,11,12). The maximum Gasteiger partial charge on any atom is 0.397 e. The van der Waals surface area contributed by atoms with Crippen molar-refractivity contribution in [3.63, 3.8) is 0 Å². The van der Waals surface area contributed by atoms with Crippen LogP contribution in [0.1, 0.15) is 27.2 Å². The molecule has 1 N–H and O–H groups in total. The molecule has 0 bridgehead atoms. The van der Waals surface area contributed by atoms with Gasteiger partial charge in [0.1, 0.15) is 5.60 Å². The molecule has 0 aromatic carbocycles. The summed E-state index contributed by atoms with van der Waals surface area (Å²) in [4.78, 5) is 11.4. The van der Waals surface area contributed by atoms with Crippen LogP contribution in [0, 0.1) is 5.41 Å². The second kappa shape index (κ2) is 3.43. The number of esters is 1. The molecule has 0 radical (unpaired) electrons. The monoisotopic (exact) mass is 238 g/mol. The molecule has 1 fully saturated rings. The molecule has 0 spiro atoms. The summed E-state index contributed by atoms with van der Waals surface area (Å²) >= 11 is 0. The third kappa shape index (κ3) is 3.15. The molecular formula is C8H14O6S. The molecule has 0 aromatic rings. The van der Waals surface area contributed by atoms with Crippen molar-refractivity contribution in [3.8, 4) is 0 Å². The summed E-state index contributed by atoms with van der Waals surface area (Å²) < 4.78 is 38.4. The Kier molecular flexibility index (Phi) is 2.84. The van der Waals surface area contributed by atoms with E-state index in [1.165, 1.54) is 6.92 Å². The summed E-state index contributed by atoms with van der Waals surface area (Å²) in [5.74, 6) is -0.517. The van der Waals surface area contributed by atoms with Gasteiger partial charge in [-0.2, -0.15) is 8.42 Å². The molecule has 1 heterocycles. The molecule has 1 aliphatic rings. The summed E-state index contributed by atoms with van der Waals surface area (Å²) in [7, 11) is -4.52. The van der Waals surface area contributed by atoms with Gasteiger partial charge in [-0.05, 0) is 20.8 Å². The molecule has 0 amide bonds. The van der Waals surface area contributed by atoms with Crippen molar-refractivity contribution in [2.24, 2.45) is 5.41 Å². The van der Waals surface area contributed by atoms with Crippen LogP contribution in [0.25, 0.3) is 0 Å². The lowest BCUT2D eigenvalue weighted by atomic mass is 9.84. The predicted octanol–water partition coefficient (Wildman–Crippen LogP) is 0.538. The van der Waals surface area contributed by atoms with Crippen molar-refractivity contribution >= 4 is 16.4 Å². The van der Waals surface area contributed by atoms with Crippen molar-refractivity contribution in [2.75, 3.05) is 6.61 Å². The summed E-state index contributed by atoms with van der Waals surface area (Å²) in [6.45, 7) is 4.58. The van der Waals surface area contributed by atoms with Crippen LogP contribution in [0.15, 0.2) is 0 Å². The Morgan fingerprint density at radius 2 is 2.00 bits per heavy atom. The van der Waals surface area contributed by atoms with Gasteiger partial charge in [0, 0.05) is 6.42 Å². The molecule has 1 saturated heterocycles. The van der Waals surface area contributed by atoms with E-state index >= 15 is 0 Å². The van der Waals surface area contributed by atoms with Gasteiger partial charge in [-0.3, -0.25) is 9.35 Å². The van der Waals surface area contributed by atoms with E-state index in [-0.39, 0.29) is 0 Å². The Balaban J connectivity index is 2.73. The lowest BCUT2D eigenvalue weighted by molar-refractivity contribution is -0.152. The summed E-state index contributed by atoms with van der Waals surface area (Å²) in [5, 5.41) is 0. The number of hydrogen-bond acceptors (Lipinski definition) is 5. The second-order valence-corrected chi connectivity index (χ2v) is 5.67. The molecule has 7 heteroatoms. The van der Waals surface area contributed by atoms with E-state index in [0.717, 1.165) is 0 Å². The first-order valence-corrected chi connectivity index (χ1v) is 5.76. The molecule has 88 valence electrons. The van der Waals surface area contributed by atoms with Crippen molar-refractivity contribution in [1.29, 1.82) is 0 Å². The number of rotatable bonds is 3. The summed E-state index contributed by atoms with van der Waals surface area (Å²) in [6, 6.07) is 0. The fourth-order valence-electron chi connectivity index (χ4n) is 1.74. The van der Waals surface area contributed by atoms with Crippen molar-refractivity contribution in [1.82, 2.24) is 0 Å². The van der Waals surface area contributed by atoms with Gasteiger partial charge >= 0.3 is 16.4 Å². The molecule has 1 aliphatic heterocycles. The Morgan fingerprint density at radius 1 is 1.47 bits per heavy atom. The van der Waals surface area contributed by atoms with Crippen molar-refractivity contribution in [3.05, 3.63) is 0 Å². The topological polar surface area (TPSA) is 89.9 Å². The fourth-order valence-corrected chi connectivity index (χ4v) is 2.15. The zero-order valence-electron chi connectivity index (χ0n) is 8.81. The minimum absolute atomic E-state index is 0.342. The Hall–Kier alpha value is -0.660. The highest BCUT2D eigenvalue weighted by Crippen LogP contribution is 2.40. The number of cyclic esters (lactones) is 1. The zero-order chi connectivity index (χ0) is 11.9. The van der Waals surface area contributed by atoms with Crippen LogP contribution in [0.5, 0.6) is 0 Å². The van der Waals surface area contributed by atoms with Crippen LogP contribution in [0.3, 0.4) is 0 Å². The third-order valence-electron chi connectivity index (χ3n) is 2.20. The lowest BCUT2D eigenvalue weighted by Crippen LogP contribution is -2.30. The second-order valence-electron chi connectivity index (χ2n) is 4.58. The van der Waals surface area contributed by atoms with Gasteiger partial charge in [0.05, 0.1) is 12.0 Å². The minimum atomic E-state index is -4.52. The predicted molar refractivity (Wildman–Crippen MR) is 50.4 cm³/mol. The average Bonchev–Trinajstić information content (AvgIpc) is 2.17. The van der Waals surface area contributed by atoms with E-state index in [1.807, 2.05) is 0 Å². The first kappa shape index (κ1) is 12.4. The van der Waals surface area contributed by atoms with Gasteiger partial charge < -0.3 is 4.74 Å². The van der Waals surface area contributed by atoms with Gasteiger partial charge in [0.25, 0.3) is 0 Å². The molecule has 1 unspecified atom stereocenters. The first-order valence-electron chi connectivity index (χ1n) is 4.39. The largest absolute Gasteiger partial charge is 0.459 e. The van der Waals surface area contributed by atoms with Gasteiger partial charge in [-0.1, -0.05) is 0 Å². The molecule has 15 heavy (non-hydrogen) atoms. The van der Waals surface area contributed by atoms with E-state index in [1.54, 1.807) is 13.8 Å². The van der Waals surface area contributed by atoms with E-state index < -0.39 is 34.0 Å². The fraction of sp³-hybridized carbons (Fsp3) is 0.875. The van der Waals surface area contributed by atoms with E-state index in [4.69, 9.17) is 9.29 Å². The van der Waals surface area contributed by atoms with Gasteiger partial charge in [0.2, 0.25) is 0 Å². The van der Waals surface area contributed by atoms with Gasteiger partial charge in [0.15, 0.2) is 0 Å². The highest BCUT2D eigenvalue weighted by Gasteiger charge is 2.50. The molecule has 1 rings (SSSR count). The SMILES string of the molecule is CC1(C)CC(C)(COS(=O)(=O)O)C(=O)O1. The lowest BCUT2D eigenvalue weighted by Gasteiger charge is -2.18. The molecule has 0 aromatic heterocycles. The van der Waals surface area contributed by atoms with E-state index in [9.17, 15) is 13.2 Å². The van der Waals surface area contributed by atoms with Crippen LogP contribution in [0.4, 0.5) is 0 Å². The molecular weight excluding hydrogens is 224 g/mol. The summed E-state index contributed by atoms with van der Waals surface area (Å²) in [5.41, 5.74) is -1.66. The van der Waals surface area contributed by atoms with E-state index in [2.05, 4.69) is 4.18 Å². The minimum Gasteiger partial charge on any atom is -0.459 e. The average molecular weight is 238 g/mol. The van der Waals surface area contributed by atoms with Crippen LogP contribution >= 0.6 is 0 Å². The molecule has 0 aliphatic carbocycles. The first-order chi connectivity index (χ1) is 6.54. The van der Waals surface area contributed by atoms with Gasteiger partial charge in [-0.15, -0.1) is 0 Å². The van der Waals surface area contributed by atoms with Gasteiger partial charge in [-0.25, -0.2) is 4.18 Å². The maximum atomic E-state index is 11.4. The Morgan fingerprint density at radius 3 is 2.33 bits per heavy atom. The number of carbonyl (C=O) groups excluding carboxylic acids is 1. The highest BCUT2D eigenvalue weighted by molar-refractivity contribution is 7.80. The van der Waals surface area contributed by atoms with E-state index in [0.29, 0.717) is 6.42 Å². The van der Waals surface area contributed by atoms with Crippen LogP contribution in [-0.2, 0) is 24.1 Å². The van der Waals surface area contributed by atoms with Crippen LogP contribution in [0.2, 0.25) is 0 Å². The Bertz CT molecular complexity index is 371. The zero-order valence-corrected chi connectivity index (χ0v) is 9.63. The molecule has 0 saturated carbocycles. The molecule has 6 nitrogen and oxygen atoms in total. The van der Waals surface area contributed by atoms with Crippen LogP contribution < -0.4 is 0 Å². The molecule has 1 atom stereocenters. The highest BCUT2D eigenvalue weighted by atomic mass is 32.3. The maximum absolute atomic E-state index is 11.4. The normalized spacial score (nSPS) is 30.3. The van der Waals surface area contributed by atoms with Crippen LogP contribution in [-0.4, -0.2) is 31.1 Å². The summed E-state index contributed by atoms with van der Waals surface area (Å²) in [6.07, 6.45) is 0.342. The smallest absolute Gasteiger partial charge is 0.397 e. The Labute approximate surface area is 88.5 Å². The quantitative estimate of drug-likeness (QED) is 0.570. The van der Waals surface area contributed by atoms with Crippen molar-refractivity contribution in [2.45, 2.75) is 32.8 Å². The van der Waals surface area contributed by atoms with Crippen molar-refractivity contribution < 1.29 is 26.7 Å². The third-order valence-corrected chi connectivity index (χ3v) is 2.62. The number of ether oxygens (including phenoxy) is 1.